The second-order valence-corrected chi connectivity index (χ2v) is 11.7. The van der Waals surface area contributed by atoms with Crippen molar-refractivity contribution < 1.29 is 35.3 Å². The summed E-state index contributed by atoms with van der Waals surface area (Å²) in [6.45, 7) is 6.63. The van der Waals surface area contributed by atoms with E-state index in [9.17, 15) is 26.4 Å². The van der Waals surface area contributed by atoms with Crippen molar-refractivity contribution in [3.8, 4) is 5.88 Å². The van der Waals surface area contributed by atoms with E-state index in [-0.39, 0.29) is 23.3 Å². The van der Waals surface area contributed by atoms with Crippen LogP contribution in [0.1, 0.15) is 44.0 Å². The van der Waals surface area contributed by atoms with Crippen molar-refractivity contribution in [1.82, 2.24) is 9.97 Å². The minimum absolute atomic E-state index is 0.0764. The number of ether oxygens (including phenoxy) is 1. The predicted octanol–water partition coefficient (Wildman–Crippen LogP) is 3.78. The Morgan fingerprint density at radius 2 is 1.87 bits per heavy atom. The topological polar surface area (TPSA) is 114 Å². The van der Waals surface area contributed by atoms with Gasteiger partial charge in [-0.25, -0.2) is 4.98 Å². The fraction of sp³-hybridized carbons (Fsp3) is 0.560. The normalized spacial score (nSPS) is 23.8. The van der Waals surface area contributed by atoms with Crippen LogP contribution in [0.2, 0.25) is 0 Å². The average molecular weight is 570 g/mol. The van der Waals surface area contributed by atoms with Gasteiger partial charge in [-0.15, -0.1) is 0 Å². The standard InChI is InChI=1S/C25H30F3N5O5S/c1-14-5-4-6-19(29-14)30-21-15(2)22(17-7-8-17)33(16(3)34)23-18(21)13-20(32-9-11-37-12-10-32)31-24(23)38-39(35,36)25(26,27)28/h4-6,13,15,17,21-22H,7-12H2,1-3H3,(H,29,30)/t15-,21?,22?/m1/s1. The van der Waals surface area contributed by atoms with E-state index in [0.717, 1.165) is 18.5 Å². The Kier molecular flexibility index (Phi) is 7.12. The number of nitrogens with one attached hydrogen (secondary N) is 1. The zero-order chi connectivity index (χ0) is 28.1. The second-order valence-electron chi connectivity index (χ2n) is 10.2. The molecule has 2 aliphatic heterocycles. The molecule has 1 amide bonds. The fourth-order valence-electron chi connectivity index (χ4n) is 5.46. The van der Waals surface area contributed by atoms with Crippen LogP contribution in [-0.4, -0.2) is 62.1 Å². The van der Waals surface area contributed by atoms with Crippen LogP contribution in [0.3, 0.4) is 0 Å². The van der Waals surface area contributed by atoms with E-state index >= 15 is 0 Å². The lowest BCUT2D eigenvalue weighted by atomic mass is 9.80. The second kappa shape index (κ2) is 10.1. The first-order valence-electron chi connectivity index (χ1n) is 12.8. The third kappa shape index (κ3) is 5.36. The Labute approximate surface area is 224 Å². The maximum atomic E-state index is 13.5. The van der Waals surface area contributed by atoms with Gasteiger partial charge in [0.1, 0.15) is 17.3 Å². The molecule has 14 heteroatoms. The molecule has 3 aliphatic rings. The highest BCUT2D eigenvalue weighted by Crippen LogP contribution is 2.53. The number of alkyl halides is 3. The van der Waals surface area contributed by atoms with Crippen molar-refractivity contribution >= 4 is 33.3 Å². The van der Waals surface area contributed by atoms with Crippen LogP contribution in [-0.2, 0) is 19.6 Å². The summed E-state index contributed by atoms with van der Waals surface area (Å²) in [6, 6.07) is 6.19. The Bertz CT molecular complexity index is 1360. The first-order chi connectivity index (χ1) is 18.4. The Hall–Kier alpha value is -3.13. The van der Waals surface area contributed by atoms with Crippen molar-refractivity contribution in [2.24, 2.45) is 11.8 Å². The van der Waals surface area contributed by atoms with Crippen molar-refractivity contribution in [2.45, 2.75) is 51.2 Å². The minimum Gasteiger partial charge on any atom is -0.378 e. The van der Waals surface area contributed by atoms with Gasteiger partial charge in [0.2, 0.25) is 5.91 Å². The molecule has 5 rings (SSSR count). The smallest absolute Gasteiger partial charge is 0.378 e. The quantitative estimate of drug-likeness (QED) is 0.410. The predicted molar refractivity (Wildman–Crippen MR) is 137 cm³/mol. The molecule has 0 aromatic carbocycles. The lowest BCUT2D eigenvalue weighted by Gasteiger charge is -2.46. The molecular formula is C25H30F3N5O5S. The largest absolute Gasteiger partial charge is 0.534 e. The first-order valence-corrected chi connectivity index (χ1v) is 14.2. The van der Waals surface area contributed by atoms with E-state index < -0.39 is 39.5 Å². The van der Waals surface area contributed by atoms with Gasteiger partial charge in [0.15, 0.2) is 0 Å². The highest BCUT2D eigenvalue weighted by Gasteiger charge is 2.52. The SMILES string of the molecule is CC(=O)N1c2c(cc(N3CCOCC3)nc2OS(=O)(=O)C(F)(F)F)C(Nc2cccc(C)n2)[C@@H](C)C1C1CC1. The van der Waals surface area contributed by atoms with Gasteiger partial charge in [-0.1, -0.05) is 13.0 Å². The molecule has 0 radical (unpaired) electrons. The fourth-order valence-corrected chi connectivity index (χ4v) is 5.88. The molecule has 0 spiro atoms. The van der Waals surface area contributed by atoms with E-state index in [1.165, 1.54) is 11.8 Å². The number of halogens is 3. The summed E-state index contributed by atoms with van der Waals surface area (Å²) < 4.78 is 75.0. The number of pyridine rings is 2. The molecule has 3 atom stereocenters. The number of aryl methyl sites for hydroxylation is 1. The third-order valence-electron chi connectivity index (χ3n) is 7.36. The number of carbonyl (C=O) groups excluding carboxylic acids is 1. The van der Waals surface area contributed by atoms with Crippen molar-refractivity contribution in [3.05, 3.63) is 35.5 Å². The van der Waals surface area contributed by atoms with E-state index in [0.29, 0.717) is 37.7 Å². The summed E-state index contributed by atoms with van der Waals surface area (Å²) in [5.41, 5.74) is -4.59. The van der Waals surface area contributed by atoms with Crippen molar-refractivity contribution in [3.63, 3.8) is 0 Å². The Morgan fingerprint density at radius 3 is 2.46 bits per heavy atom. The van der Waals surface area contributed by atoms with Crippen LogP contribution in [0.25, 0.3) is 0 Å². The summed E-state index contributed by atoms with van der Waals surface area (Å²) in [7, 11) is -6.07. The minimum atomic E-state index is -6.07. The van der Waals surface area contributed by atoms with Gasteiger partial charge in [-0.3, -0.25) is 4.79 Å². The third-order valence-corrected chi connectivity index (χ3v) is 8.30. The van der Waals surface area contributed by atoms with Crippen molar-refractivity contribution in [1.29, 1.82) is 0 Å². The number of hydrogen-bond donors (Lipinski definition) is 1. The van der Waals surface area contributed by atoms with Gasteiger partial charge < -0.3 is 24.0 Å². The van der Waals surface area contributed by atoms with Gasteiger partial charge >= 0.3 is 15.6 Å². The van der Waals surface area contributed by atoms with E-state index in [1.54, 1.807) is 17.0 Å². The van der Waals surface area contributed by atoms with Gasteiger partial charge in [0, 0.05) is 43.2 Å². The number of anilines is 3. The van der Waals surface area contributed by atoms with Crippen LogP contribution in [0.5, 0.6) is 5.88 Å². The van der Waals surface area contributed by atoms with Crippen LogP contribution >= 0.6 is 0 Å². The molecule has 4 heterocycles. The number of amides is 1. The highest BCUT2D eigenvalue weighted by atomic mass is 32.2. The van der Waals surface area contributed by atoms with Crippen LogP contribution in [0.15, 0.2) is 24.3 Å². The van der Waals surface area contributed by atoms with Crippen molar-refractivity contribution in [2.75, 3.05) is 41.4 Å². The van der Waals surface area contributed by atoms with Gasteiger partial charge in [-0.2, -0.15) is 26.6 Å². The molecule has 2 fully saturated rings. The summed E-state index contributed by atoms with van der Waals surface area (Å²) in [4.78, 5) is 25.0. The maximum Gasteiger partial charge on any atom is 0.534 e. The molecule has 2 aromatic heterocycles. The monoisotopic (exact) mass is 569 g/mol. The summed E-state index contributed by atoms with van der Waals surface area (Å²) in [6.07, 6.45) is 1.67. The number of rotatable bonds is 6. The maximum absolute atomic E-state index is 13.5. The molecule has 2 aromatic rings. The highest BCUT2D eigenvalue weighted by molar-refractivity contribution is 7.88. The first kappa shape index (κ1) is 27.4. The average Bonchev–Trinajstić information content (AvgIpc) is 3.70. The number of nitrogens with zero attached hydrogens (tertiary/aromatic N) is 4. The number of hydrogen-bond acceptors (Lipinski definition) is 9. The van der Waals surface area contributed by atoms with Gasteiger partial charge in [0.25, 0.3) is 5.88 Å². The zero-order valence-electron chi connectivity index (χ0n) is 21.7. The molecule has 1 N–H and O–H groups in total. The molecule has 39 heavy (non-hydrogen) atoms. The lowest BCUT2D eigenvalue weighted by Crippen LogP contribution is -2.51. The number of carbonyl (C=O) groups is 1. The van der Waals surface area contributed by atoms with Crippen LogP contribution in [0.4, 0.5) is 30.5 Å². The number of morpholine rings is 1. The number of fused-ring (bicyclic) bond motifs is 1. The van der Waals surface area contributed by atoms with Gasteiger partial charge in [-0.05, 0) is 43.9 Å². The molecule has 2 unspecified atom stereocenters. The summed E-state index contributed by atoms with van der Waals surface area (Å²) in [5.74, 6) is -0.556. The molecule has 0 bridgehead atoms. The summed E-state index contributed by atoms with van der Waals surface area (Å²) in [5, 5.41) is 3.40. The van der Waals surface area contributed by atoms with Gasteiger partial charge in [0.05, 0.1) is 19.3 Å². The molecule has 1 aliphatic carbocycles. The Balaban J connectivity index is 1.73. The molecule has 10 nitrogen and oxygen atoms in total. The summed E-state index contributed by atoms with van der Waals surface area (Å²) >= 11 is 0. The molecular weight excluding hydrogens is 539 g/mol. The van der Waals surface area contributed by atoms with E-state index in [4.69, 9.17) is 8.92 Å². The van der Waals surface area contributed by atoms with Crippen LogP contribution < -0.4 is 19.3 Å². The Morgan fingerprint density at radius 1 is 1.18 bits per heavy atom. The molecule has 1 saturated carbocycles. The lowest BCUT2D eigenvalue weighted by molar-refractivity contribution is -0.117. The molecule has 212 valence electrons. The zero-order valence-corrected chi connectivity index (χ0v) is 22.6. The van der Waals surface area contributed by atoms with E-state index in [1.807, 2.05) is 26.0 Å². The van der Waals surface area contributed by atoms with Crippen LogP contribution in [0, 0.1) is 18.8 Å². The molecule has 1 saturated heterocycles. The van der Waals surface area contributed by atoms with E-state index in [2.05, 4.69) is 15.3 Å². The number of aromatic nitrogens is 2.